The van der Waals surface area contributed by atoms with Gasteiger partial charge in [0.2, 0.25) is 5.91 Å². The first-order valence-corrected chi connectivity index (χ1v) is 8.28. The molecule has 0 bridgehead atoms. The molecule has 2 heterocycles. The fourth-order valence-corrected chi connectivity index (χ4v) is 3.31. The number of nitrogens with one attached hydrogen (secondary N) is 1. The maximum Gasteiger partial charge on any atom is 0.228 e. The minimum Gasteiger partial charge on any atom is -0.310 e. The minimum atomic E-state index is -0.0453. The summed E-state index contributed by atoms with van der Waals surface area (Å²) in [6, 6.07) is 8.20. The Labute approximate surface area is 128 Å². The lowest BCUT2D eigenvalue weighted by molar-refractivity contribution is -0.118. The number of thioether (sulfide) groups is 1. The summed E-state index contributed by atoms with van der Waals surface area (Å²) in [6.45, 7) is 5.86. The van der Waals surface area contributed by atoms with E-state index in [2.05, 4.69) is 29.5 Å². The van der Waals surface area contributed by atoms with Crippen LogP contribution in [-0.4, -0.2) is 15.7 Å². The predicted molar refractivity (Wildman–Crippen MR) is 86.8 cm³/mol. The van der Waals surface area contributed by atoms with Crippen molar-refractivity contribution >= 4 is 23.5 Å². The Morgan fingerprint density at radius 2 is 2.00 bits per heavy atom. The van der Waals surface area contributed by atoms with Crippen molar-refractivity contribution in [3.63, 3.8) is 0 Å². The second kappa shape index (κ2) is 5.56. The molecule has 0 radical (unpaired) electrons. The van der Waals surface area contributed by atoms with E-state index in [0.29, 0.717) is 0 Å². The molecule has 0 unspecified atom stereocenters. The number of fused-ring (bicyclic) bond motifs is 1. The first kappa shape index (κ1) is 14.2. The first-order chi connectivity index (χ1) is 10.1. The van der Waals surface area contributed by atoms with Gasteiger partial charge in [-0.1, -0.05) is 31.5 Å². The van der Waals surface area contributed by atoms with Crippen molar-refractivity contribution in [3.8, 4) is 5.69 Å². The fraction of sp³-hybridized carbons (Fsp3) is 0.375. The quantitative estimate of drug-likeness (QED) is 0.943. The average Bonchev–Trinajstić information content (AvgIpc) is 3.02. The number of hydrogen-bond donors (Lipinski definition) is 1. The summed E-state index contributed by atoms with van der Waals surface area (Å²) in [6.07, 6.45) is 0. The lowest BCUT2D eigenvalue weighted by Crippen LogP contribution is -2.20. The van der Waals surface area contributed by atoms with Crippen LogP contribution in [0.2, 0.25) is 0 Å². The van der Waals surface area contributed by atoms with Crippen LogP contribution < -0.4 is 5.32 Å². The first-order valence-electron chi connectivity index (χ1n) is 7.12. The maximum atomic E-state index is 12.1. The smallest absolute Gasteiger partial charge is 0.228 e. The van der Waals surface area contributed by atoms with Crippen molar-refractivity contribution < 1.29 is 4.79 Å². The zero-order chi connectivity index (χ0) is 15.0. The highest BCUT2D eigenvalue weighted by atomic mass is 32.2. The van der Waals surface area contributed by atoms with Gasteiger partial charge in [0.1, 0.15) is 5.82 Å². The fourth-order valence-electron chi connectivity index (χ4n) is 2.28. The van der Waals surface area contributed by atoms with E-state index in [-0.39, 0.29) is 11.8 Å². The van der Waals surface area contributed by atoms with Crippen molar-refractivity contribution in [1.82, 2.24) is 9.78 Å². The maximum absolute atomic E-state index is 12.1. The van der Waals surface area contributed by atoms with Crippen LogP contribution in [0.25, 0.3) is 5.69 Å². The summed E-state index contributed by atoms with van der Waals surface area (Å²) in [5.41, 5.74) is 4.44. The van der Waals surface area contributed by atoms with Gasteiger partial charge in [-0.2, -0.15) is 16.9 Å². The Bertz CT molecular complexity index is 674. The van der Waals surface area contributed by atoms with Gasteiger partial charge >= 0.3 is 0 Å². The van der Waals surface area contributed by atoms with Crippen LogP contribution >= 0.6 is 11.8 Å². The molecule has 1 aliphatic rings. The number of rotatable bonds is 3. The topological polar surface area (TPSA) is 46.9 Å². The van der Waals surface area contributed by atoms with Crippen LogP contribution in [0.1, 0.15) is 30.7 Å². The van der Waals surface area contributed by atoms with E-state index in [4.69, 9.17) is 0 Å². The van der Waals surface area contributed by atoms with Crippen LogP contribution in [0.3, 0.4) is 0 Å². The lowest BCUT2D eigenvalue weighted by Gasteiger charge is -2.12. The Morgan fingerprint density at radius 1 is 1.29 bits per heavy atom. The number of hydrogen-bond acceptors (Lipinski definition) is 3. The van der Waals surface area contributed by atoms with Crippen LogP contribution in [0.15, 0.2) is 24.3 Å². The Hall–Kier alpha value is -1.75. The van der Waals surface area contributed by atoms with Gasteiger partial charge in [0.15, 0.2) is 0 Å². The number of carbonyl (C=O) groups excluding carboxylic acids is 1. The highest BCUT2D eigenvalue weighted by Gasteiger charge is 2.25. The van der Waals surface area contributed by atoms with E-state index in [1.54, 1.807) is 0 Å². The van der Waals surface area contributed by atoms with Crippen molar-refractivity contribution in [2.24, 2.45) is 5.92 Å². The lowest BCUT2D eigenvalue weighted by atomic mass is 10.2. The highest BCUT2D eigenvalue weighted by molar-refractivity contribution is 7.98. The third-order valence-electron chi connectivity index (χ3n) is 3.60. The predicted octanol–water partition coefficient (Wildman–Crippen LogP) is 3.52. The summed E-state index contributed by atoms with van der Waals surface area (Å²) in [5, 5.41) is 7.74. The molecule has 4 nitrogen and oxygen atoms in total. The molecule has 0 fully saturated rings. The number of carbonyl (C=O) groups is 1. The van der Waals surface area contributed by atoms with Crippen molar-refractivity contribution in [2.45, 2.75) is 32.3 Å². The minimum absolute atomic E-state index is 0.0305. The van der Waals surface area contributed by atoms with Gasteiger partial charge in [0, 0.05) is 23.0 Å². The molecule has 3 rings (SSSR count). The second-order valence-corrected chi connectivity index (χ2v) is 6.64. The highest BCUT2D eigenvalue weighted by Crippen LogP contribution is 2.36. The number of anilines is 1. The third kappa shape index (κ3) is 2.70. The zero-order valence-electron chi connectivity index (χ0n) is 12.5. The van der Waals surface area contributed by atoms with Crippen LogP contribution in [0.5, 0.6) is 0 Å². The normalized spacial score (nSPS) is 13.5. The van der Waals surface area contributed by atoms with Gasteiger partial charge in [0.05, 0.1) is 11.4 Å². The summed E-state index contributed by atoms with van der Waals surface area (Å²) in [4.78, 5) is 12.1. The van der Waals surface area contributed by atoms with E-state index in [1.807, 2.05) is 42.4 Å². The van der Waals surface area contributed by atoms with E-state index < -0.39 is 0 Å². The molecule has 5 heteroatoms. The zero-order valence-corrected chi connectivity index (χ0v) is 13.3. The number of nitrogens with zero attached hydrogens (tertiary/aromatic N) is 2. The Morgan fingerprint density at radius 3 is 2.67 bits per heavy atom. The summed E-state index contributed by atoms with van der Waals surface area (Å²) in [5.74, 6) is 2.64. The number of aromatic nitrogens is 2. The standard InChI is InChI=1S/C16H19N3OS/c1-10(2)16(20)17-15-13-8-21-9-14(13)18-19(15)12-6-4-11(3)5-7-12/h4-7,10H,8-9H2,1-3H3,(H,17,20). The molecule has 0 atom stereocenters. The summed E-state index contributed by atoms with van der Waals surface area (Å²) >= 11 is 1.84. The molecule has 110 valence electrons. The van der Waals surface area contributed by atoms with Crippen molar-refractivity contribution in [2.75, 3.05) is 5.32 Å². The molecule has 1 N–H and O–H groups in total. The molecule has 1 amide bonds. The van der Waals surface area contributed by atoms with Gasteiger partial charge in [-0.25, -0.2) is 4.68 Å². The second-order valence-electron chi connectivity index (χ2n) is 5.66. The summed E-state index contributed by atoms with van der Waals surface area (Å²) in [7, 11) is 0. The number of benzene rings is 1. The van der Waals surface area contributed by atoms with Gasteiger partial charge in [0.25, 0.3) is 0 Å². The van der Waals surface area contributed by atoms with Crippen LogP contribution in [0.4, 0.5) is 5.82 Å². The van der Waals surface area contributed by atoms with Crippen LogP contribution in [-0.2, 0) is 16.3 Å². The number of amides is 1. The molecule has 1 aliphatic heterocycles. The Kier molecular flexibility index (Phi) is 3.76. The molecule has 0 saturated carbocycles. The Balaban J connectivity index is 2.04. The SMILES string of the molecule is Cc1ccc(-n2nc3c(c2NC(=O)C(C)C)CSC3)cc1. The van der Waals surface area contributed by atoms with E-state index >= 15 is 0 Å². The summed E-state index contributed by atoms with van der Waals surface area (Å²) < 4.78 is 1.87. The molecule has 1 aromatic carbocycles. The van der Waals surface area contributed by atoms with Gasteiger partial charge in [-0.05, 0) is 19.1 Å². The van der Waals surface area contributed by atoms with E-state index in [1.165, 1.54) is 5.56 Å². The molecular formula is C16H19N3OS. The van der Waals surface area contributed by atoms with Crippen molar-refractivity contribution in [3.05, 3.63) is 41.1 Å². The van der Waals surface area contributed by atoms with Crippen LogP contribution in [0, 0.1) is 12.8 Å². The van der Waals surface area contributed by atoms with E-state index in [0.717, 1.165) is 34.3 Å². The largest absolute Gasteiger partial charge is 0.310 e. The third-order valence-corrected chi connectivity index (χ3v) is 4.57. The van der Waals surface area contributed by atoms with Gasteiger partial charge in [-0.3, -0.25) is 4.79 Å². The van der Waals surface area contributed by atoms with Crippen molar-refractivity contribution in [1.29, 1.82) is 0 Å². The molecule has 2 aromatic rings. The van der Waals surface area contributed by atoms with Gasteiger partial charge in [-0.15, -0.1) is 0 Å². The monoisotopic (exact) mass is 301 g/mol. The number of aryl methyl sites for hydroxylation is 1. The molecular weight excluding hydrogens is 282 g/mol. The van der Waals surface area contributed by atoms with Gasteiger partial charge < -0.3 is 5.32 Å². The molecule has 1 aromatic heterocycles. The molecule has 0 saturated heterocycles. The average molecular weight is 301 g/mol. The molecule has 21 heavy (non-hydrogen) atoms. The molecule has 0 aliphatic carbocycles. The molecule has 0 spiro atoms. The van der Waals surface area contributed by atoms with E-state index in [9.17, 15) is 4.79 Å².